The predicted molar refractivity (Wildman–Crippen MR) is 120 cm³/mol. The van der Waals surface area contributed by atoms with Crippen LogP contribution >= 0.6 is 0 Å². The van der Waals surface area contributed by atoms with Crippen molar-refractivity contribution in [3.05, 3.63) is 93.4 Å². The molecule has 4 aromatic rings. The van der Waals surface area contributed by atoms with Gasteiger partial charge in [0, 0.05) is 30.2 Å². The molecule has 0 radical (unpaired) electrons. The lowest BCUT2D eigenvalue weighted by atomic mass is 10.1. The first-order chi connectivity index (χ1) is 15.3. The molecule has 0 saturated carbocycles. The Morgan fingerprint density at radius 2 is 1.72 bits per heavy atom. The first-order valence-corrected chi connectivity index (χ1v) is 10.2. The van der Waals surface area contributed by atoms with E-state index in [0.717, 1.165) is 17.1 Å². The monoisotopic (exact) mass is 432 g/mol. The molecule has 0 bridgehead atoms. The van der Waals surface area contributed by atoms with Gasteiger partial charge < -0.3 is 14.3 Å². The standard InChI is InChI=1S/C24H24N4O4/c1-15-13-19(21(29)14-32-24(31)20-11-8-12-25-20)16(2)27(15)22-17(3)26(4)28(23(22)30)18-9-6-5-7-10-18/h5-13,25H,14H2,1-4H3. The molecule has 0 amide bonds. The van der Waals surface area contributed by atoms with Crippen LogP contribution in [0.2, 0.25) is 0 Å². The highest BCUT2D eigenvalue weighted by Gasteiger charge is 2.24. The number of aromatic nitrogens is 4. The van der Waals surface area contributed by atoms with Crippen molar-refractivity contribution in [3.63, 3.8) is 0 Å². The molecule has 0 fully saturated rings. The van der Waals surface area contributed by atoms with Crippen molar-refractivity contribution in [1.29, 1.82) is 0 Å². The number of H-pyrrole nitrogens is 1. The predicted octanol–water partition coefficient (Wildman–Crippen LogP) is 3.26. The number of benzene rings is 1. The van der Waals surface area contributed by atoms with E-state index in [0.29, 0.717) is 16.9 Å². The number of nitrogens with one attached hydrogen (secondary N) is 1. The molecular formula is C24H24N4O4. The van der Waals surface area contributed by atoms with E-state index in [4.69, 9.17) is 4.74 Å². The molecule has 0 saturated heterocycles. The van der Waals surface area contributed by atoms with Gasteiger partial charge in [0.05, 0.1) is 11.4 Å². The van der Waals surface area contributed by atoms with E-state index >= 15 is 0 Å². The maximum absolute atomic E-state index is 13.4. The Labute approximate surface area is 184 Å². The molecule has 0 spiro atoms. The maximum atomic E-state index is 13.4. The lowest BCUT2D eigenvalue weighted by Gasteiger charge is -2.09. The summed E-state index contributed by atoms with van der Waals surface area (Å²) in [7, 11) is 1.83. The van der Waals surface area contributed by atoms with E-state index in [-0.39, 0.29) is 23.6 Å². The van der Waals surface area contributed by atoms with Crippen LogP contribution in [-0.4, -0.2) is 37.3 Å². The maximum Gasteiger partial charge on any atom is 0.355 e. The molecule has 0 atom stereocenters. The first kappa shape index (κ1) is 21.2. The molecule has 1 N–H and O–H groups in total. The van der Waals surface area contributed by atoms with Crippen LogP contribution in [-0.2, 0) is 11.8 Å². The summed E-state index contributed by atoms with van der Waals surface area (Å²) in [6, 6.07) is 14.4. The summed E-state index contributed by atoms with van der Waals surface area (Å²) in [4.78, 5) is 41.0. The normalized spacial score (nSPS) is 11.0. The van der Waals surface area contributed by atoms with Crippen LogP contribution in [0.4, 0.5) is 0 Å². The zero-order valence-corrected chi connectivity index (χ0v) is 18.4. The van der Waals surface area contributed by atoms with Gasteiger partial charge in [-0.3, -0.25) is 14.3 Å². The molecular weight excluding hydrogens is 408 g/mol. The van der Waals surface area contributed by atoms with Gasteiger partial charge in [0.25, 0.3) is 5.56 Å². The molecule has 0 unspecified atom stereocenters. The zero-order chi connectivity index (χ0) is 23.0. The summed E-state index contributed by atoms with van der Waals surface area (Å²) < 4.78 is 10.3. The molecule has 1 aromatic carbocycles. The van der Waals surface area contributed by atoms with E-state index in [2.05, 4.69) is 4.98 Å². The van der Waals surface area contributed by atoms with Crippen LogP contribution in [0.3, 0.4) is 0 Å². The number of Topliss-reactive ketones (excluding diaryl/α,β-unsaturated/α-hetero) is 1. The van der Waals surface area contributed by atoms with Gasteiger partial charge in [-0.25, -0.2) is 9.48 Å². The Kier molecular flexibility index (Phi) is 5.44. The van der Waals surface area contributed by atoms with Crippen molar-refractivity contribution in [1.82, 2.24) is 18.9 Å². The van der Waals surface area contributed by atoms with Crippen molar-refractivity contribution < 1.29 is 14.3 Å². The number of aromatic amines is 1. The summed E-state index contributed by atoms with van der Waals surface area (Å²) in [6.45, 7) is 5.11. The number of para-hydroxylation sites is 1. The third-order valence-electron chi connectivity index (χ3n) is 5.63. The lowest BCUT2D eigenvalue weighted by Crippen LogP contribution is -2.22. The fourth-order valence-corrected chi connectivity index (χ4v) is 3.94. The number of aryl methyl sites for hydroxylation is 1. The third kappa shape index (κ3) is 3.49. The number of hydrogen-bond acceptors (Lipinski definition) is 4. The molecule has 4 rings (SSSR count). The van der Waals surface area contributed by atoms with Crippen LogP contribution in [0.15, 0.2) is 59.5 Å². The average molecular weight is 432 g/mol. The molecule has 0 aliphatic heterocycles. The smallest absolute Gasteiger partial charge is 0.355 e. The second kappa shape index (κ2) is 8.22. The number of ketones is 1. The Balaban J connectivity index is 1.69. The number of ether oxygens (including phenoxy) is 1. The van der Waals surface area contributed by atoms with Crippen LogP contribution in [0, 0.1) is 20.8 Å². The Bertz CT molecular complexity index is 1360. The quantitative estimate of drug-likeness (QED) is 0.374. The number of rotatable bonds is 6. The minimum absolute atomic E-state index is 0.185. The van der Waals surface area contributed by atoms with Crippen molar-refractivity contribution in [2.24, 2.45) is 7.05 Å². The fraction of sp³-hybridized carbons (Fsp3) is 0.208. The van der Waals surface area contributed by atoms with Crippen LogP contribution < -0.4 is 5.56 Å². The minimum Gasteiger partial charge on any atom is -0.453 e. The molecule has 8 nitrogen and oxygen atoms in total. The highest BCUT2D eigenvalue weighted by Crippen LogP contribution is 2.23. The van der Waals surface area contributed by atoms with Gasteiger partial charge in [0.1, 0.15) is 11.4 Å². The second-order valence-corrected chi connectivity index (χ2v) is 7.61. The van der Waals surface area contributed by atoms with Crippen LogP contribution in [0.25, 0.3) is 11.4 Å². The van der Waals surface area contributed by atoms with E-state index in [1.54, 1.807) is 45.3 Å². The van der Waals surface area contributed by atoms with Crippen LogP contribution in [0.5, 0.6) is 0 Å². The van der Waals surface area contributed by atoms with E-state index < -0.39 is 5.97 Å². The largest absolute Gasteiger partial charge is 0.453 e. The summed E-state index contributed by atoms with van der Waals surface area (Å²) in [5.41, 5.74) is 3.87. The number of nitrogens with zero attached hydrogens (tertiary/aromatic N) is 3. The molecule has 8 heteroatoms. The second-order valence-electron chi connectivity index (χ2n) is 7.61. The fourth-order valence-electron chi connectivity index (χ4n) is 3.94. The van der Waals surface area contributed by atoms with Crippen LogP contribution in [0.1, 0.15) is 37.9 Å². The van der Waals surface area contributed by atoms with Gasteiger partial charge >= 0.3 is 5.97 Å². The molecule has 164 valence electrons. The average Bonchev–Trinajstić information content (AvgIpc) is 3.47. The minimum atomic E-state index is -0.596. The van der Waals surface area contributed by atoms with Crippen molar-refractivity contribution in [3.8, 4) is 11.4 Å². The van der Waals surface area contributed by atoms with Gasteiger partial charge in [-0.1, -0.05) is 18.2 Å². The Hall–Kier alpha value is -4.07. The Morgan fingerprint density at radius 3 is 2.38 bits per heavy atom. The number of carbonyl (C=O) groups is 2. The number of hydrogen-bond donors (Lipinski definition) is 1. The molecule has 3 heterocycles. The van der Waals surface area contributed by atoms with E-state index in [1.807, 2.05) is 51.2 Å². The van der Waals surface area contributed by atoms with Crippen molar-refractivity contribution >= 4 is 11.8 Å². The van der Waals surface area contributed by atoms with Gasteiger partial charge in [0.15, 0.2) is 6.61 Å². The Morgan fingerprint density at radius 1 is 1.00 bits per heavy atom. The van der Waals surface area contributed by atoms with Crippen molar-refractivity contribution in [2.75, 3.05) is 6.61 Å². The molecule has 0 aliphatic carbocycles. The molecule has 0 aliphatic rings. The highest BCUT2D eigenvalue weighted by molar-refractivity contribution is 6.00. The summed E-state index contributed by atoms with van der Waals surface area (Å²) in [5, 5.41) is 0. The molecule has 3 aromatic heterocycles. The molecule has 32 heavy (non-hydrogen) atoms. The summed E-state index contributed by atoms with van der Waals surface area (Å²) in [6.07, 6.45) is 1.61. The lowest BCUT2D eigenvalue weighted by molar-refractivity contribution is 0.0469. The SMILES string of the molecule is Cc1cc(C(=O)COC(=O)c2ccc[nH]2)c(C)n1-c1c(C)n(C)n(-c2ccccc2)c1=O. The van der Waals surface area contributed by atoms with E-state index in [1.165, 1.54) is 0 Å². The number of esters is 1. The summed E-state index contributed by atoms with van der Waals surface area (Å²) >= 11 is 0. The van der Waals surface area contributed by atoms with Gasteiger partial charge in [-0.15, -0.1) is 0 Å². The van der Waals surface area contributed by atoms with Gasteiger partial charge in [-0.05, 0) is 51.1 Å². The first-order valence-electron chi connectivity index (χ1n) is 10.2. The summed E-state index contributed by atoms with van der Waals surface area (Å²) in [5.74, 6) is -0.928. The third-order valence-corrected chi connectivity index (χ3v) is 5.63. The van der Waals surface area contributed by atoms with Gasteiger partial charge in [0.2, 0.25) is 5.78 Å². The van der Waals surface area contributed by atoms with Crippen molar-refractivity contribution in [2.45, 2.75) is 20.8 Å². The highest BCUT2D eigenvalue weighted by atomic mass is 16.5. The van der Waals surface area contributed by atoms with Gasteiger partial charge in [-0.2, -0.15) is 0 Å². The topological polar surface area (TPSA) is 91.0 Å². The van der Waals surface area contributed by atoms with E-state index in [9.17, 15) is 14.4 Å². The zero-order valence-electron chi connectivity index (χ0n) is 18.4. The number of carbonyl (C=O) groups excluding carboxylic acids is 2.